The molecule has 6 heteroatoms. The summed E-state index contributed by atoms with van der Waals surface area (Å²) in [5.74, 6) is -0.615. The molecule has 3 aromatic heterocycles. The van der Waals surface area contributed by atoms with Gasteiger partial charge in [-0.05, 0) is 66.1 Å². The van der Waals surface area contributed by atoms with Gasteiger partial charge in [0, 0.05) is 47.2 Å². The normalized spacial score (nSPS) is 11.2. The van der Waals surface area contributed by atoms with Gasteiger partial charge in [-0.15, -0.1) is 0 Å². The molecular formula is C26H20F2N4. The molecule has 0 saturated carbocycles. The highest BCUT2D eigenvalue weighted by Gasteiger charge is 2.21. The minimum atomic E-state index is -0.314. The number of fused-ring (bicyclic) bond motifs is 1. The summed E-state index contributed by atoms with van der Waals surface area (Å²) >= 11 is 0. The van der Waals surface area contributed by atoms with E-state index in [1.54, 1.807) is 36.7 Å². The Morgan fingerprint density at radius 3 is 1.97 bits per heavy atom. The molecular weight excluding hydrogens is 406 g/mol. The topological polar surface area (TPSA) is 43.6 Å². The number of aryl methyl sites for hydroxylation is 1. The van der Waals surface area contributed by atoms with Gasteiger partial charge in [0.25, 0.3) is 0 Å². The van der Waals surface area contributed by atoms with Crippen molar-refractivity contribution in [2.24, 2.45) is 0 Å². The largest absolute Gasteiger partial charge is 0.270 e. The zero-order valence-electron chi connectivity index (χ0n) is 17.5. The predicted octanol–water partition coefficient (Wildman–Crippen LogP) is 6.52. The second-order valence-electron chi connectivity index (χ2n) is 7.59. The van der Waals surface area contributed by atoms with Crippen molar-refractivity contribution in [1.29, 1.82) is 0 Å². The van der Waals surface area contributed by atoms with Crippen LogP contribution in [-0.2, 0) is 6.54 Å². The van der Waals surface area contributed by atoms with Crippen LogP contribution in [0.4, 0.5) is 8.78 Å². The summed E-state index contributed by atoms with van der Waals surface area (Å²) in [6, 6.07) is 16.5. The summed E-state index contributed by atoms with van der Waals surface area (Å²) in [7, 11) is 0. The molecule has 158 valence electrons. The fourth-order valence-corrected chi connectivity index (χ4v) is 3.96. The van der Waals surface area contributed by atoms with Crippen molar-refractivity contribution in [1.82, 2.24) is 19.7 Å². The maximum Gasteiger partial charge on any atom is 0.182 e. The molecule has 0 spiro atoms. The Kier molecular flexibility index (Phi) is 5.19. The molecule has 0 fully saturated rings. The third-order valence-corrected chi connectivity index (χ3v) is 5.39. The number of benzene rings is 2. The molecule has 32 heavy (non-hydrogen) atoms. The SMILES string of the molecule is CCCn1cc2c(-c3ccc(F)cc3)c(-c3ccncc3)c(-c3ccc(F)cc3)nc2n1. The molecule has 5 aromatic rings. The van der Waals surface area contributed by atoms with E-state index >= 15 is 0 Å². The first-order valence-electron chi connectivity index (χ1n) is 10.5. The first-order chi connectivity index (χ1) is 15.6. The van der Waals surface area contributed by atoms with Crippen LogP contribution in [0.1, 0.15) is 13.3 Å². The molecule has 0 aliphatic carbocycles. The first-order valence-corrected chi connectivity index (χ1v) is 10.5. The van der Waals surface area contributed by atoms with Crippen LogP contribution in [0.5, 0.6) is 0 Å². The first kappa shape index (κ1) is 20.0. The lowest BCUT2D eigenvalue weighted by atomic mass is 9.90. The maximum absolute atomic E-state index is 13.8. The quantitative estimate of drug-likeness (QED) is 0.322. The minimum absolute atomic E-state index is 0.301. The second kappa shape index (κ2) is 8.30. The molecule has 4 nitrogen and oxygen atoms in total. The lowest BCUT2D eigenvalue weighted by molar-refractivity contribution is 0.607. The summed E-state index contributed by atoms with van der Waals surface area (Å²) in [5.41, 5.74) is 5.59. The molecule has 0 amide bonds. The zero-order chi connectivity index (χ0) is 22.1. The molecule has 0 saturated heterocycles. The number of aromatic nitrogens is 4. The van der Waals surface area contributed by atoms with E-state index in [1.165, 1.54) is 24.3 Å². The van der Waals surface area contributed by atoms with Crippen molar-refractivity contribution in [2.45, 2.75) is 19.9 Å². The molecule has 0 aliphatic rings. The summed E-state index contributed by atoms with van der Waals surface area (Å²) in [6.45, 7) is 2.85. The molecule has 3 heterocycles. The molecule has 0 atom stereocenters. The van der Waals surface area contributed by atoms with Gasteiger partial charge in [0.05, 0.1) is 5.69 Å². The van der Waals surface area contributed by atoms with Gasteiger partial charge in [0.2, 0.25) is 0 Å². The average Bonchev–Trinajstić information content (AvgIpc) is 3.22. The summed E-state index contributed by atoms with van der Waals surface area (Å²) in [5, 5.41) is 5.57. The van der Waals surface area contributed by atoms with E-state index in [2.05, 4.69) is 17.0 Å². The van der Waals surface area contributed by atoms with E-state index in [4.69, 9.17) is 4.98 Å². The van der Waals surface area contributed by atoms with Gasteiger partial charge in [-0.25, -0.2) is 13.8 Å². The highest BCUT2D eigenvalue weighted by Crippen LogP contribution is 2.42. The molecule has 0 aliphatic heterocycles. The highest BCUT2D eigenvalue weighted by atomic mass is 19.1. The van der Waals surface area contributed by atoms with Crippen LogP contribution in [0.3, 0.4) is 0 Å². The summed E-state index contributed by atoms with van der Waals surface area (Å²) < 4.78 is 29.3. The molecule has 0 N–H and O–H groups in total. The van der Waals surface area contributed by atoms with Gasteiger partial charge in [0.1, 0.15) is 11.6 Å². The Hall–Kier alpha value is -3.93. The monoisotopic (exact) mass is 426 g/mol. The van der Waals surface area contributed by atoms with Crippen molar-refractivity contribution in [2.75, 3.05) is 0 Å². The van der Waals surface area contributed by atoms with E-state index in [9.17, 15) is 8.78 Å². The Morgan fingerprint density at radius 1 is 0.750 bits per heavy atom. The molecule has 0 unspecified atom stereocenters. The fourth-order valence-electron chi connectivity index (χ4n) is 3.96. The van der Waals surface area contributed by atoms with Gasteiger partial charge in [0.15, 0.2) is 5.65 Å². The van der Waals surface area contributed by atoms with Crippen LogP contribution >= 0.6 is 0 Å². The lowest BCUT2D eigenvalue weighted by Gasteiger charge is -2.16. The smallest absolute Gasteiger partial charge is 0.182 e. The van der Waals surface area contributed by atoms with Crippen LogP contribution in [0.15, 0.2) is 79.3 Å². The van der Waals surface area contributed by atoms with Crippen molar-refractivity contribution in [3.63, 3.8) is 0 Å². The van der Waals surface area contributed by atoms with Gasteiger partial charge >= 0.3 is 0 Å². The number of halogens is 2. The third kappa shape index (κ3) is 3.64. The Balaban J connectivity index is 1.91. The van der Waals surface area contributed by atoms with Gasteiger partial charge in [-0.2, -0.15) is 5.10 Å². The van der Waals surface area contributed by atoms with E-state index in [1.807, 2.05) is 23.0 Å². The predicted molar refractivity (Wildman–Crippen MR) is 122 cm³/mol. The standard InChI is InChI=1S/C26H20F2N4/c1-2-15-32-16-22-23(17-3-7-20(27)8-4-17)24(18-11-13-29-14-12-18)25(30-26(22)31-32)19-5-9-21(28)10-6-19/h3-14,16H,2,15H2,1H3. The molecule has 2 aromatic carbocycles. The number of hydrogen-bond donors (Lipinski definition) is 0. The van der Waals surface area contributed by atoms with Gasteiger partial charge < -0.3 is 0 Å². The summed E-state index contributed by atoms with van der Waals surface area (Å²) in [4.78, 5) is 9.06. The van der Waals surface area contributed by atoms with Crippen LogP contribution in [0.2, 0.25) is 0 Å². The molecule has 0 radical (unpaired) electrons. The van der Waals surface area contributed by atoms with Crippen LogP contribution in [0, 0.1) is 11.6 Å². The van der Waals surface area contributed by atoms with E-state index in [0.717, 1.165) is 46.2 Å². The second-order valence-corrected chi connectivity index (χ2v) is 7.59. The van der Waals surface area contributed by atoms with E-state index in [-0.39, 0.29) is 11.6 Å². The summed E-state index contributed by atoms with van der Waals surface area (Å²) in [6.07, 6.45) is 6.37. The Labute approximate surface area is 184 Å². The maximum atomic E-state index is 13.8. The highest BCUT2D eigenvalue weighted by molar-refractivity contribution is 6.05. The average molecular weight is 426 g/mol. The van der Waals surface area contributed by atoms with E-state index in [0.29, 0.717) is 11.3 Å². The number of hydrogen-bond acceptors (Lipinski definition) is 3. The molecule has 0 bridgehead atoms. The fraction of sp³-hybridized carbons (Fsp3) is 0.115. The number of pyridine rings is 2. The van der Waals surface area contributed by atoms with Crippen molar-refractivity contribution < 1.29 is 8.78 Å². The molecule has 5 rings (SSSR count). The van der Waals surface area contributed by atoms with E-state index < -0.39 is 0 Å². The zero-order valence-corrected chi connectivity index (χ0v) is 17.5. The van der Waals surface area contributed by atoms with Crippen LogP contribution in [0.25, 0.3) is 44.5 Å². The van der Waals surface area contributed by atoms with Crippen molar-refractivity contribution in [3.05, 3.63) is 90.9 Å². The third-order valence-electron chi connectivity index (χ3n) is 5.39. The Morgan fingerprint density at radius 2 is 1.34 bits per heavy atom. The van der Waals surface area contributed by atoms with Crippen LogP contribution in [-0.4, -0.2) is 19.7 Å². The minimum Gasteiger partial charge on any atom is -0.270 e. The lowest BCUT2D eigenvalue weighted by Crippen LogP contribution is -1.97. The van der Waals surface area contributed by atoms with Gasteiger partial charge in [-0.1, -0.05) is 19.1 Å². The number of rotatable bonds is 5. The van der Waals surface area contributed by atoms with Crippen molar-refractivity contribution in [3.8, 4) is 33.5 Å². The van der Waals surface area contributed by atoms with Crippen LogP contribution < -0.4 is 0 Å². The van der Waals surface area contributed by atoms with Gasteiger partial charge in [-0.3, -0.25) is 9.67 Å². The Bertz CT molecular complexity index is 1380. The van der Waals surface area contributed by atoms with Crippen molar-refractivity contribution >= 4 is 11.0 Å². The number of nitrogens with zero attached hydrogens (tertiary/aromatic N) is 4.